The molecule has 0 aliphatic heterocycles. The standard InChI is InChI=1S/C16H22N2O3/c1-10(18(3)14-8-15(20)9-14)16(21)17-13-6-4-12(5-7-13)11(2)19/h4-7,10,14-15,20H,8-9H2,1-3H3,(H,17,21). The minimum Gasteiger partial charge on any atom is -0.393 e. The number of rotatable bonds is 5. The van der Waals surface area contributed by atoms with Gasteiger partial charge in [-0.1, -0.05) is 0 Å². The fraction of sp³-hybridized carbons (Fsp3) is 0.500. The molecule has 0 aromatic heterocycles. The second kappa shape index (κ2) is 6.37. The Labute approximate surface area is 125 Å². The maximum absolute atomic E-state index is 12.2. The number of hydrogen-bond donors (Lipinski definition) is 2. The van der Waals surface area contributed by atoms with Gasteiger partial charge in [0.05, 0.1) is 12.1 Å². The highest BCUT2D eigenvalue weighted by Crippen LogP contribution is 2.26. The number of ketones is 1. The first-order valence-electron chi connectivity index (χ1n) is 7.20. The number of likely N-dealkylation sites (N-methyl/N-ethyl adjacent to an activating group) is 1. The van der Waals surface area contributed by atoms with Crippen molar-refractivity contribution in [3.05, 3.63) is 29.8 Å². The number of carbonyl (C=O) groups excluding carboxylic acids is 2. The van der Waals surface area contributed by atoms with Gasteiger partial charge in [-0.05, 0) is 58.0 Å². The number of nitrogens with zero attached hydrogens (tertiary/aromatic N) is 1. The molecule has 2 rings (SSSR count). The van der Waals surface area contributed by atoms with Crippen LogP contribution in [0.15, 0.2) is 24.3 Å². The predicted octanol–water partition coefficient (Wildman–Crippen LogP) is 1.67. The molecule has 1 amide bonds. The van der Waals surface area contributed by atoms with Crippen LogP contribution in [0.2, 0.25) is 0 Å². The van der Waals surface area contributed by atoms with E-state index in [0.717, 1.165) is 12.8 Å². The van der Waals surface area contributed by atoms with Gasteiger partial charge in [0.2, 0.25) is 5.91 Å². The minimum absolute atomic E-state index is 0.00418. The van der Waals surface area contributed by atoms with E-state index in [4.69, 9.17) is 0 Å². The molecular formula is C16H22N2O3. The Morgan fingerprint density at radius 1 is 1.29 bits per heavy atom. The zero-order valence-corrected chi connectivity index (χ0v) is 12.7. The number of hydrogen-bond acceptors (Lipinski definition) is 4. The van der Waals surface area contributed by atoms with Crippen molar-refractivity contribution in [2.24, 2.45) is 0 Å². The molecule has 1 aromatic rings. The molecule has 1 unspecified atom stereocenters. The van der Waals surface area contributed by atoms with E-state index < -0.39 is 0 Å². The molecular weight excluding hydrogens is 268 g/mol. The van der Waals surface area contributed by atoms with Gasteiger partial charge in [0.1, 0.15) is 0 Å². The van der Waals surface area contributed by atoms with E-state index in [-0.39, 0.29) is 29.9 Å². The van der Waals surface area contributed by atoms with Gasteiger partial charge in [-0.25, -0.2) is 0 Å². The lowest BCUT2D eigenvalue weighted by Crippen LogP contribution is -2.52. The summed E-state index contributed by atoms with van der Waals surface area (Å²) < 4.78 is 0. The Kier molecular flexibility index (Phi) is 4.75. The van der Waals surface area contributed by atoms with E-state index in [1.807, 2.05) is 18.9 Å². The number of nitrogens with one attached hydrogen (secondary N) is 1. The lowest BCUT2D eigenvalue weighted by Gasteiger charge is -2.41. The lowest BCUT2D eigenvalue weighted by molar-refractivity contribution is -0.122. The van der Waals surface area contributed by atoms with Crippen molar-refractivity contribution >= 4 is 17.4 Å². The average molecular weight is 290 g/mol. The van der Waals surface area contributed by atoms with Crippen LogP contribution < -0.4 is 5.32 Å². The molecule has 0 radical (unpaired) electrons. The highest BCUT2D eigenvalue weighted by Gasteiger charge is 2.34. The Balaban J connectivity index is 1.92. The molecule has 21 heavy (non-hydrogen) atoms. The quantitative estimate of drug-likeness (QED) is 0.809. The van der Waals surface area contributed by atoms with Crippen molar-refractivity contribution in [2.75, 3.05) is 12.4 Å². The summed E-state index contributed by atoms with van der Waals surface area (Å²) in [5, 5.41) is 12.2. The number of amides is 1. The van der Waals surface area contributed by atoms with E-state index in [9.17, 15) is 14.7 Å². The van der Waals surface area contributed by atoms with Crippen molar-refractivity contribution in [2.45, 2.75) is 44.9 Å². The van der Waals surface area contributed by atoms with E-state index in [0.29, 0.717) is 11.3 Å². The van der Waals surface area contributed by atoms with Crippen LogP contribution in [0.3, 0.4) is 0 Å². The van der Waals surface area contributed by atoms with Crippen LogP contribution >= 0.6 is 0 Å². The maximum atomic E-state index is 12.2. The molecule has 2 N–H and O–H groups in total. The Bertz CT molecular complexity index is 521. The summed E-state index contributed by atoms with van der Waals surface area (Å²) in [7, 11) is 1.90. The molecule has 114 valence electrons. The number of aliphatic hydroxyl groups excluding tert-OH is 1. The Morgan fingerprint density at radius 3 is 2.33 bits per heavy atom. The fourth-order valence-corrected chi connectivity index (χ4v) is 2.43. The van der Waals surface area contributed by atoms with Crippen molar-refractivity contribution < 1.29 is 14.7 Å². The van der Waals surface area contributed by atoms with Crippen molar-refractivity contribution in [1.82, 2.24) is 4.90 Å². The van der Waals surface area contributed by atoms with E-state index in [2.05, 4.69) is 5.32 Å². The van der Waals surface area contributed by atoms with Gasteiger partial charge in [-0.15, -0.1) is 0 Å². The maximum Gasteiger partial charge on any atom is 0.241 e. The molecule has 1 atom stereocenters. The molecule has 0 heterocycles. The van der Waals surface area contributed by atoms with Crippen LogP contribution in [0.4, 0.5) is 5.69 Å². The molecule has 1 saturated carbocycles. The molecule has 1 aliphatic rings. The molecule has 0 bridgehead atoms. The second-order valence-electron chi connectivity index (χ2n) is 5.74. The largest absolute Gasteiger partial charge is 0.393 e. The van der Waals surface area contributed by atoms with Gasteiger partial charge in [0.25, 0.3) is 0 Å². The SMILES string of the molecule is CC(=O)c1ccc(NC(=O)C(C)N(C)C2CC(O)C2)cc1. The van der Waals surface area contributed by atoms with Crippen molar-refractivity contribution in [3.8, 4) is 0 Å². The van der Waals surface area contributed by atoms with E-state index in [1.54, 1.807) is 24.3 Å². The van der Waals surface area contributed by atoms with Gasteiger partial charge in [0.15, 0.2) is 5.78 Å². The number of benzene rings is 1. The molecule has 5 heteroatoms. The predicted molar refractivity (Wildman–Crippen MR) is 81.3 cm³/mol. The summed E-state index contributed by atoms with van der Waals surface area (Å²) in [6.07, 6.45) is 1.22. The first kappa shape index (κ1) is 15.7. The van der Waals surface area contributed by atoms with Gasteiger partial charge in [-0.3, -0.25) is 14.5 Å². The first-order chi connectivity index (χ1) is 9.88. The summed E-state index contributed by atoms with van der Waals surface area (Å²) in [4.78, 5) is 25.4. The molecule has 0 spiro atoms. The number of anilines is 1. The number of carbonyl (C=O) groups is 2. The number of aliphatic hydroxyl groups is 1. The third-order valence-electron chi connectivity index (χ3n) is 4.21. The van der Waals surface area contributed by atoms with Crippen LogP contribution in [-0.4, -0.2) is 46.9 Å². The summed E-state index contributed by atoms with van der Waals surface area (Å²) in [6, 6.07) is 6.86. The number of Topliss-reactive ketones (excluding diaryl/α,β-unsaturated/α-hetero) is 1. The van der Waals surface area contributed by atoms with Gasteiger partial charge in [0, 0.05) is 17.3 Å². The van der Waals surface area contributed by atoms with Gasteiger partial charge in [-0.2, -0.15) is 0 Å². The summed E-state index contributed by atoms with van der Waals surface area (Å²) in [5.74, 6) is -0.0843. The minimum atomic E-state index is -0.269. The zero-order chi connectivity index (χ0) is 15.6. The molecule has 0 saturated heterocycles. The van der Waals surface area contributed by atoms with E-state index in [1.165, 1.54) is 6.92 Å². The van der Waals surface area contributed by atoms with Crippen LogP contribution in [0.5, 0.6) is 0 Å². The smallest absolute Gasteiger partial charge is 0.241 e. The second-order valence-corrected chi connectivity index (χ2v) is 5.74. The van der Waals surface area contributed by atoms with Crippen molar-refractivity contribution in [3.63, 3.8) is 0 Å². The normalized spacial score (nSPS) is 22.5. The zero-order valence-electron chi connectivity index (χ0n) is 12.7. The third kappa shape index (κ3) is 3.68. The Morgan fingerprint density at radius 2 is 1.86 bits per heavy atom. The van der Waals surface area contributed by atoms with Crippen LogP contribution in [0, 0.1) is 0 Å². The topological polar surface area (TPSA) is 69.6 Å². The molecule has 1 fully saturated rings. The van der Waals surface area contributed by atoms with Crippen LogP contribution in [-0.2, 0) is 4.79 Å². The summed E-state index contributed by atoms with van der Waals surface area (Å²) >= 11 is 0. The highest BCUT2D eigenvalue weighted by molar-refractivity contribution is 5.96. The highest BCUT2D eigenvalue weighted by atomic mass is 16.3. The third-order valence-corrected chi connectivity index (χ3v) is 4.21. The van der Waals surface area contributed by atoms with Gasteiger partial charge >= 0.3 is 0 Å². The summed E-state index contributed by atoms with van der Waals surface area (Å²) in [5.41, 5.74) is 1.31. The average Bonchev–Trinajstić information content (AvgIpc) is 2.43. The lowest BCUT2D eigenvalue weighted by atomic mass is 9.87. The van der Waals surface area contributed by atoms with E-state index >= 15 is 0 Å². The van der Waals surface area contributed by atoms with Crippen molar-refractivity contribution in [1.29, 1.82) is 0 Å². The van der Waals surface area contributed by atoms with Crippen LogP contribution in [0.25, 0.3) is 0 Å². The van der Waals surface area contributed by atoms with Crippen LogP contribution in [0.1, 0.15) is 37.0 Å². The summed E-state index contributed by atoms with van der Waals surface area (Å²) in [6.45, 7) is 3.36. The molecule has 1 aromatic carbocycles. The Hall–Kier alpha value is -1.72. The fourth-order valence-electron chi connectivity index (χ4n) is 2.43. The first-order valence-corrected chi connectivity index (χ1v) is 7.20. The molecule has 1 aliphatic carbocycles. The van der Waals surface area contributed by atoms with Gasteiger partial charge < -0.3 is 10.4 Å². The monoisotopic (exact) mass is 290 g/mol. The molecule has 5 nitrogen and oxygen atoms in total.